The number of ether oxygens (including phenoxy) is 1. The van der Waals surface area contributed by atoms with Crippen LogP contribution in [0.2, 0.25) is 0 Å². The Morgan fingerprint density at radius 1 is 1.00 bits per heavy atom. The molecular weight excluding hydrogens is 420 g/mol. The van der Waals surface area contributed by atoms with E-state index >= 15 is 0 Å². The zero-order chi connectivity index (χ0) is 22.7. The molecule has 0 bridgehead atoms. The predicted octanol–water partition coefficient (Wildman–Crippen LogP) is 5.17. The molecule has 7 heteroatoms. The number of amides is 1. The van der Waals surface area contributed by atoms with E-state index in [9.17, 15) is 4.79 Å². The van der Waals surface area contributed by atoms with E-state index in [-0.39, 0.29) is 11.2 Å². The van der Waals surface area contributed by atoms with E-state index in [1.54, 1.807) is 7.11 Å². The summed E-state index contributed by atoms with van der Waals surface area (Å²) in [5.74, 6) is 2.05. The summed E-state index contributed by atoms with van der Waals surface area (Å²) in [6.45, 7) is 8.03. The third kappa shape index (κ3) is 4.53. The number of likely N-dealkylation sites (tertiary alicyclic amines) is 1. The number of rotatable bonds is 7. The Kier molecular flexibility index (Phi) is 6.84. The lowest BCUT2D eigenvalue weighted by Gasteiger charge is -2.21. The standard InChI is InChI=1S/C25H30N4O2S/c1-17(2)21-9-5-6-10-22(21)29-23(19-11-13-20(31-4)14-12-19)26-27-25(29)32-18(3)24(30)28-15-7-8-16-28/h5-6,9-14,17-18H,7-8,15-16H2,1-4H3. The van der Waals surface area contributed by atoms with Crippen LogP contribution in [0.15, 0.2) is 53.7 Å². The van der Waals surface area contributed by atoms with Gasteiger partial charge in [-0.3, -0.25) is 9.36 Å². The fraction of sp³-hybridized carbons (Fsp3) is 0.400. The molecule has 4 rings (SSSR count). The summed E-state index contributed by atoms with van der Waals surface area (Å²) in [5.41, 5.74) is 3.20. The second kappa shape index (κ2) is 9.77. The van der Waals surface area contributed by atoms with Crippen molar-refractivity contribution in [1.29, 1.82) is 0 Å². The Bertz CT molecular complexity index is 1070. The van der Waals surface area contributed by atoms with Crippen molar-refractivity contribution in [3.63, 3.8) is 0 Å². The maximum atomic E-state index is 13.0. The molecule has 1 saturated heterocycles. The highest BCUT2D eigenvalue weighted by molar-refractivity contribution is 8.00. The first-order valence-electron chi connectivity index (χ1n) is 11.1. The van der Waals surface area contributed by atoms with Crippen molar-refractivity contribution in [2.24, 2.45) is 0 Å². The van der Waals surface area contributed by atoms with Crippen molar-refractivity contribution >= 4 is 17.7 Å². The van der Waals surface area contributed by atoms with Crippen LogP contribution in [0.3, 0.4) is 0 Å². The van der Waals surface area contributed by atoms with Crippen LogP contribution < -0.4 is 4.74 Å². The van der Waals surface area contributed by atoms with Gasteiger partial charge in [0.05, 0.1) is 18.0 Å². The molecule has 1 fully saturated rings. The van der Waals surface area contributed by atoms with E-state index in [1.807, 2.05) is 42.2 Å². The molecule has 0 N–H and O–H groups in total. The molecule has 6 nitrogen and oxygen atoms in total. The van der Waals surface area contributed by atoms with Gasteiger partial charge in [-0.25, -0.2) is 0 Å². The Labute approximate surface area is 194 Å². The number of hydrogen-bond donors (Lipinski definition) is 0. The maximum Gasteiger partial charge on any atom is 0.235 e. The lowest BCUT2D eigenvalue weighted by atomic mass is 10.0. The van der Waals surface area contributed by atoms with Crippen molar-refractivity contribution in [2.45, 2.75) is 49.9 Å². The topological polar surface area (TPSA) is 60.3 Å². The molecule has 1 aromatic heterocycles. The molecule has 0 spiro atoms. The molecule has 0 aliphatic carbocycles. The van der Waals surface area contributed by atoms with Crippen LogP contribution in [-0.2, 0) is 4.79 Å². The molecule has 3 aromatic rings. The van der Waals surface area contributed by atoms with Crippen molar-refractivity contribution in [3.05, 3.63) is 54.1 Å². The van der Waals surface area contributed by atoms with Gasteiger partial charge in [-0.1, -0.05) is 43.8 Å². The Morgan fingerprint density at radius 3 is 2.34 bits per heavy atom. The minimum atomic E-state index is -0.231. The molecule has 32 heavy (non-hydrogen) atoms. The van der Waals surface area contributed by atoms with Crippen molar-refractivity contribution in [3.8, 4) is 22.8 Å². The number of benzene rings is 2. The molecule has 1 aliphatic heterocycles. The zero-order valence-electron chi connectivity index (χ0n) is 19.1. The highest BCUT2D eigenvalue weighted by atomic mass is 32.2. The molecule has 1 unspecified atom stereocenters. The van der Waals surface area contributed by atoms with E-state index in [2.05, 4.69) is 46.8 Å². The summed E-state index contributed by atoms with van der Waals surface area (Å²) in [6.07, 6.45) is 2.17. The first-order chi connectivity index (χ1) is 15.5. The molecule has 1 atom stereocenters. The van der Waals surface area contributed by atoms with Gasteiger partial charge in [0.25, 0.3) is 0 Å². The van der Waals surface area contributed by atoms with Gasteiger partial charge >= 0.3 is 0 Å². The van der Waals surface area contributed by atoms with Crippen molar-refractivity contribution in [2.75, 3.05) is 20.2 Å². The monoisotopic (exact) mass is 450 g/mol. The van der Waals surface area contributed by atoms with Crippen LogP contribution in [0.4, 0.5) is 0 Å². The smallest absolute Gasteiger partial charge is 0.235 e. The lowest BCUT2D eigenvalue weighted by molar-refractivity contribution is -0.129. The van der Waals surface area contributed by atoms with E-state index in [0.29, 0.717) is 5.92 Å². The summed E-state index contributed by atoms with van der Waals surface area (Å²) in [4.78, 5) is 14.9. The summed E-state index contributed by atoms with van der Waals surface area (Å²) in [6, 6.07) is 16.2. The van der Waals surface area contributed by atoms with E-state index < -0.39 is 0 Å². The second-order valence-corrected chi connectivity index (χ2v) is 9.68. The first kappa shape index (κ1) is 22.4. The summed E-state index contributed by atoms with van der Waals surface area (Å²) in [5, 5.41) is 9.59. The highest BCUT2D eigenvalue weighted by Gasteiger charge is 2.27. The number of aromatic nitrogens is 3. The maximum absolute atomic E-state index is 13.0. The van der Waals surface area contributed by atoms with E-state index in [4.69, 9.17) is 4.74 Å². The van der Waals surface area contributed by atoms with Gasteiger partial charge in [0.2, 0.25) is 5.91 Å². The zero-order valence-corrected chi connectivity index (χ0v) is 19.9. The molecule has 1 aliphatic rings. The molecule has 168 valence electrons. The molecule has 0 saturated carbocycles. The number of hydrogen-bond acceptors (Lipinski definition) is 5. The third-order valence-electron chi connectivity index (χ3n) is 5.83. The van der Waals surface area contributed by atoms with E-state index in [0.717, 1.165) is 53.9 Å². The number of nitrogens with zero attached hydrogens (tertiary/aromatic N) is 4. The SMILES string of the molecule is COc1ccc(-c2nnc(SC(C)C(=O)N3CCCC3)n2-c2ccccc2C(C)C)cc1. The summed E-state index contributed by atoms with van der Waals surface area (Å²) < 4.78 is 7.41. The van der Waals surface area contributed by atoms with Crippen LogP contribution in [0.25, 0.3) is 17.1 Å². The quantitative estimate of drug-likeness (QED) is 0.465. The Balaban J connectivity index is 1.77. The average Bonchev–Trinajstić information content (AvgIpc) is 3.49. The van der Waals surface area contributed by atoms with E-state index in [1.165, 1.54) is 17.3 Å². The van der Waals surface area contributed by atoms with Crippen LogP contribution in [0.1, 0.15) is 45.1 Å². The molecule has 1 amide bonds. The number of methoxy groups -OCH3 is 1. The highest BCUT2D eigenvalue weighted by Crippen LogP contribution is 2.34. The summed E-state index contributed by atoms with van der Waals surface area (Å²) in [7, 11) is 1.66. The van der Waals surface area contributed by atoms with Crippen molar-refractivity contribution in [1.82, 2.24) is 19.7 Å². The van der Waals surface area contributed by atoms with Crippen LogP contribution in [0, 0.1) is 0 Å². The fourth-order valence-electron chi connectivity index (χ4n) is 4.07. The number of carbonyl (C=O) groups excluding carboxylic acids is 1. The van der Waals surface area contributed by atoms with Gasteiger partial charge in [-0.2, -0.15) is 0 Å². The minimum absolute atomic E-state index is 0.171. The van der Waals surface area contributed by atoms with Gasteiger partial charge in [0.15, 0.2) is 11.0 Å². The van der Waals surface area contributed by atoms with Gasteiger partial charge in [0.1, 0.15) is 5.75 Å². The normalized spacial score (nSPS) is 14.7. The van der Waals surface area contributed by atoms with Crippen LogP contribution in [0.5, 0.6) is 5.75 Å². The lowest BCUT2D eigenvalue weighted by Crippen LogP contribution is -2.34. The van der Waals surface area contributed by atoms with Gasteiger partial charge in [-0.05, 0) is 61.6 Å². The van der Waals surface area contributed by atoms with Crippen molar-refractivity contribution < 1.29 is 9.53 Å². The van der Waals surface area contributed by atoms with Crippen LogP contribution in [-0.4, -0.2) is 51.0 Å². The fourth-order valence-corrected chi connectivity index (χ4v) is 5.02. The van der Waals surface area contributed by atoms with Gasteiger partial charge in [0, 0.05) is 18.7 Å². The number of para-hydroxylation sites is 1. The molecule has 2 aromatic carbocycles. The summed E-state index contributed by atoms with van der Waals surface area (Å²) >= 11 is 1.48. The van der Waals surface area contributed by atoms with Crippen LogP contribution >= 0.6 is 11.8 Å². The minimum Gasteiger partial charge on any atom is -0.497 e. The first-order valence-corrected chi connectivity index (χ1v) is 12.0. The molecular formula is C25H30N4O2S. The number of carbonyl (C=O) groups is 1. The third-order valence-corrected chi connectivity index (χ3v) is 6.86. The second-order valence-electron chi connectivity index (χ2n) is 8.38. The molecule has 0 radical (unpaired) electrons. The Morgan fingerprint density at radius 2 is 1.69 bits per heavy atom. The van der Waals surface area contributed by atoms with Gasteiger partial charge in [-0.15, -0.1) is 10.2 Å². The van der Waals surface area contributed by atoms with Gasteiger partial charge < -0.3 is 9.64 Å². The molecule has 2 heterocycles. The number of thioether (sulfide) groups is 1. The average molecular weight is 451 g/mol. The largest absolute Gasteiger partial charge is 0.497 e. The predicted molar refractivity (Wildman–Crippen MR) is 129 cm³/mol. The Hall–Kier alpha value is -2.80.